The largest absolute Gasteiger partial charge is 0.507 e. The monoisotopic (exact) mass is 502 g/mol. The standard InChI is InChI=1S/C28H26N2O7/c1-18-16-22(37-17-19-6-4-3-5-7-19)12-13-23(18)26(31)24-25(20-8-10-21(11-9-20)30(34)35)29(14-15-36-2)28(33)27(24)32/h3-13,16,25,31H,14-15,17H2,1-2H3/b26-24+/t25-/m0/s1. The van der Waals surface area contributed by atoms with Crippen molar-refractivity contribution < 1.29 is 29.1 Å². The summed E-state index contributed by atoms with van der Waals surface area (Å²) in [7, 11) is 1.47. The molecule has 0 unspecified atom stereocenters. The summed E-state index contributed by atoms with van der Waals surface area (Å²) in [6.07, 6.45) is 0. The van der Waals surface area contributed by atoms with E-state index in [1.807, 2.05) is 30.3 Å². The van der Waals surface area contributed by atoms with Gasteiger partial charge in [0.1, 0.15) is 18.1 Å². The highest BCUT2D eigenvalue weighted by Crippen LogP contribution is 2.40. The number of nitrogens with zero attached hydrogens (tertiary/aromatic N) is 2. The molecule has 0 spiro atoms. The van der Waals surface area contributed by atoms with Gasteiger partial charge in [0.05, 0.1) is 23.1 Å². The highest BCUT2D eigenvalue weighted by Gasteiger charge is 2.46. The Morgan fingerprint density at radius 3 is 2.38 bits per heavy atom. The van der Waals surface area contributed by atoms with Crippen molar-refractivity contribution in [3.8, 4) is 5.75 Å². The number of carbonyl (C=O) groups is 2. The minimum atomic E-state index is -0.927. The maximum atomic E-state index is 13.1. The summed E-state index contributed by atoms with van der Waals surface area (Å²) >= 11 is 0. The summed E-state index contributed by atoms with van der Waals surface area (Å²) in [6.45, 7) is 2.41. The number of rotatable bonds is 9. The van der Waals surface area contributed by atoms with Gasteiger partial charge in [-0.25, -0.2) is 0 Å². The van der Waals surface area contributed by atoms with Crippen LogP contribution in [0.1, 0.15) is 28.3 Å². The van der Waals surface area contributed by atoms with E-state index in [9.17, 15) is 24.8 Å². The molecule has 0 aliphatic carbocycles. The van der Waals surface area contributed by atoms with E-state index in [1.165, 1.54) is 36.3 Å². The Kier molecular flexibility index (Phi) is 7.64. The van der Waals surface area contributed by atoms with Crippen LogP contribution in [0, 0.1) is 17.0 Å². The van der Waals surface area contributed by atoms with Gasteiger partial charge < -0.3 is 19.5 Å². The first kappa shape index (κ1) is 25.6. The molecule has 3 aromatic rings. The van der Waals surface area contributed by atoms with E-state index in [4.69, 9.17) is 9.47 Å². The fourth-order valence-electron chi connectivity index (χ4n) is 4.30. The van der Waals surface area contributed by atoms with E-state index in [0.29, 0.717) is 29.0 Å². The van der Waals surface area contributed by atoms with E-state index < -0.39 is 22.7 Å². The SMILES string of the molecule is COCCN1C(=O)C(=O)/C(=C(/O)c2ccc(OCc3ccccc3)cc2C)[C@@H]1c1ccc([N+](=O)[O-])cc1. The second-order valence-corrected chi connectivity index (χ2v) is 8.58. The van der Waals surface area contributed by atoms with Gasteiger partial charge >= 0.3 is 0 Å². The summed E-state index contributed by atoms with van der Waals surface area (Å²) in [5, 5.41) is 22.4. The van der Waals surface area contributed by atoms with Crippen LogP contribution < -0.4 is 4.74 Å². The minimum absolute atomic E-state index is 0.0870. The van der Waals surface area contributed by atoms with Crippen LogP contribution >= 0.6 is 0 Å². The van der Waals surface area contributed by atoms with Gasteiger partial charge in [0.2, 0.25) is 0 Å². The number of nitro groups is 1. The van der Waals surface area contributed by atoms with Crippen LogP contribution in [0.4, 0.5) is 5.69 Å². The quantitative estimate of drug-likeness (QED) is 0.150. The third kappa shape index (κ3) is 5.36. The molecule has 9 nitrogen and oxygen atoms in total. The lowest BCUT2D eigenvalue weighted by Crippen LogP contribution is -2.32. The zero-order chi connectivity index (χ0) is 26.5. The maximum Gasteiger partial charge on any atom is 0.295 e. The fourth-order valence-corrected chi connectivity index (χ4v) is 4.30. The van der Waals surface area contributed by atoms with Crippen molar-refractivity contribution in [1.82, 2.24) is 4.90 Å². The zero-order valence-corrected chi connectivity index (χ0v) is 20.4. The van der Waals surface area contributed by atoms with Crippen LogP contribution in [0.5, 0.6) is 5.75 Å². The fraction of sp³-hybridized carbons (Fsp3) is 0.214. The van der Waals surface area contributed by atoms with E-state index in [2.05, 4.69) is 0 Å². The average Bonchev–Trinajstić information content (AvgIpc) is 3.16. The van der Waals surface area contributed by atoms with Gasteiger partial charge in [0, 0.05) is 31.4 Å². The number of methoxy groups -OCH3 is 1. The van der Waals surface area contributed by atoms with Crippen molar-refractivity contribution in [1.29, 1.82) is 0 Å². The van der Waals surface area contributed by atoms with Crippen molar-refractivity contribution in [2.45, 2.75) is 19.6 Å². The molecule has 1 aliphatic heterocycles. The molecule has 190 valence electrons. The summed E-state index contributed by atoms with van der Waals surface area (Å²) < 4.78 is 11.0. The second-order valence-electron chi connectivity index (χ2n) is 8.58. The topological polar surface area (TPSA) is 119 Å². The lowest BCUT2D eigenvalue weighted by molar-refractivity contribution is -0.384. The molecule has 1 amide bonds. The molecule has 1 aliphatic rings. The predicted octanol–water partition coefficient (Wildman–Crippen LogP) is 4.55. The summed E-state index contributed by atoms with van der Waals surface area (Å²) in [5.41, 5.74) is 2.28. The molecule has 1 heterocycles. The second kappa shape index (κ2) is 11.0. The number of amides is 1. The van der Waals surface area contributed by atoms with Crippen molar-refractivity contribution in [3.63, 3.8) is 0 Å². The molecule has 0 saturated carbocycles. The molecular formula is C28H26N2O7. The number of hydrogen-bond donors (Lipinski definition) is 1. The smallest absolute Gasteiger partial charge is 0.295 e. The van der Waals surface area contributed by atoms with Crippen LogP contribution in [0.3, 0.4) is 0 Å². The molecule has 1 N–H and O–H groups in total. The number of benzene rings is 3. The molecule has 0 radical (unpaired) electrons. The predicted molar refractivity (Wildman–Crippen MR) is 136 cm³/mol. The van der Waals surface area contributed by atoms with Crippen LogP contribution in [-0.2, 0) is 20.9 Å². The normalized spacial score (nSPS) is 16.7. The van der Waals surface area contributed by atoms with E-state index in [0.717, 1.165) is 5.56 Å². The molecule has 3 aromatic carbocycles. The minimum Gasteiger partial charge on any atom is -0.507 e. The molecule has 37 heavy (non-hydrogen) atoms. The first-order valence-electron chi connectivity index (χ1n) is 11.6. The van der Waals surface area contributed by atoms with Crippen LogP contribution in [-0.4, -0.2) is 46.9 Å². The van der Waals surface area contributed by atoms with Gasteiger partial charge in [0.15, 0.2) is 0 Å². The number of likely N-dealkylation sites (tertiary alicyclic amines) is 1. The number of hydrogen-bond acceptors (Lipinski definition) is 7. The lowest BCUT2D eigenvalue weighted by Gasteiger charge is -2.25. The van der Waals surface area contributed by atoms with E-state index in [1.54, 1.807) is 25.1 Å². The summed E-state index contributed by atoms with van der Waals surface area (Å²) in [6, 6.07) is 19.4. The molecule has 9 heteroatoms. The number of aliphatic hydroxyl groups is 1. The van der Waals surface area contributed by atoms with Gasteiger partial charge in [-0.05, 0) is 53.9 Å². The molecule has 0 bridgehead atoms. The zero-order valence-electron chi connectivity index (χ0n) is 20.4. The number of Topliss-reactive ketones (excluding diaryl/α,β-unsaturated/α-hetero) is 1. The van der Waals surface area contributed by atoms with Crippen LogP contribution in [0.25, 0.3) is 5.76 Å². The third-order valence-corrected chi connectivity index (χ3v) is 6.20. The number of nitro benzene ring substituents is 1. The molecule has 1 fully saturated rings. The Bertz CT molecular complexity index is 1350. The molecule has 4 rings (SSSR count). The van der Waals surface area contributed by atoms with Gasteiger partial charge in [-0.2, -0.15) is 0 Å². The van der Waals surface area contributed by atoms with Gasteiger partial charge in [-0.3, -0.25) is 19.7 Å². The summed E-state index contributed by atoms with van der Waals surface area (Å²) in [5.74, 6) is -1.35. The van der Waals surface area contributed by atoms with Crippen molar-refractivity contribution in [3.05, 3.63) is 111 Å². The van der Waals surface area contributed by atoms with E-state index in [-0.39, 0.29) is 30.2 Å². The molecular weight excluding hydrogens is 476 g/mol. The number of non-ortho nitro benzene ring substituents is 1. The highest BCUT2D eigenvalue weighted by atomic mass is 16.6. The molecule has 1 atom stereocenters. The first-order valence-corrected chi connectivity index (χ1v) is 11.6. The Morgan fingerprint density at radius 1 is 1.05 bits per heavy atom. The van der Waals surface area contributed by atoms with Crippen LogP contribution in [0.2, 0.25) is 0 Å². The Hall–Kier alpha value is -4.50. The lowest BCUT2D eigenvalue weighted by atomic mass is 9.93. The van der Waals surface area contributed by atoms with E-state index >= 15 is 0 Å². The number of carbonyl (C=O) groups excluding carboxylic acids is 2. The van der Waals surface area contributed by atoms with Crippen molar-refractivity contribution in [2.24, 2.45) is 0 Å². The number of aliphatic hydroxyl groups excluding tert-OH is 1. The van der Waals surface area contributed by atoms with Crippen molar-refractivity contribution in [2.75, 3.05) is 20.3 Å². The first-order chi connectivity index (χ1) is 17.8. The molecule has 0 aromatic heterocycles. The Labute approximate surface area is 213 Å². The van der Waals surface area contributed by atoms with Gasteiger partial charge in [-0.15, -0.1) is 0 Å². The summed E-state index contributed by atoms with van der Waals surface area (Å²) in [4.78, 5) is 37.9. The highest BCUT2D eigenvalue weighted by molar-refractivity contribution is 6.46. The third-order valence-electron chi connectivity index (χ3n) is 6.20. The average molecular weight is 503 g/mol. The number of ketones is 1. The number of aryl methyl sites for hydroxylation is 1. The Morgan fingerprint density at radius 2 is 1.76 bits per heavy atom. The van der Waals surface area contributed by atoms with Crippen molar-refractivity contribution >= 4 is 23.1 Å². The molecule has 1 saturated heterocycles. The Balaban J connectivity index is 1.71. The van der Waals surface area contributed by atoms with Gasteiger partial charge in [-0.1, -0.05) is 30.3 Å². The maximum absolute atomic E-state index is 13.1. The van der Waals surface area contributed by atoms with Crippen LogP contribution in [0.15, 0.2) is 78.4 Å². The number of ether oxygens (including phenoxy) is 2. The van der Waals surface area contributed by atoms with Gasteiger partial charge in [0.25, 0.3) is 17.4 Å².